The highest BCUT2D eigenvalue weighted by atomic mass is 127. The van der Waals surface area contributed by atoms with E-state index >= 15 is 0 Å². The summed E-state index contributed by atoms with van der Waals surface area (Å²) in [5, 5.41) is 11.2. The van der Waals surface area contributed by atoms with Gasteiger partial charge >= 0.3 is 0 Å². The van der Waals surface area contributed by atoms with Crippen molar-refractivity contribution >= 4 is 41.3 Å². The van der Waals surface area contributed by atoms with E-state index < -0.39 is 0 Å². The fourth-order valence-corrected chi connectivity index (χ4v) is 4.15. The van der Waals surface area contributed by atoms with Gasteiger partial charge in [0.2, 0.25) is 0 Å². The Morgan fingerprint density at radius 3 is 2.92 bits per heavy atom. The first-order valence-electron chi connectivity index (χ1n) is 9.01. The predicted molar refractivity (Wildman–Crippen MR) is 119 cm³/mol. The maximum absolute atomic E-state index is 4.52. The number of hydrogen-bond donors (Lipinski definition) is 1. The second kappa shape index (κ2) is 10.2. The highest BCUT2D eigenvalue weighted by Crippen LogP contribution is 2.26. The Labute approximate surface area is 177 Å². The highest BCUT2D eigenvalue weighted by Gasteiger charge is 2.26. The molecule has 0 spiro atoms. The second-order valence-electron chi connectivity index (χ2n) is 6.69. The van der Waals surface area contributed by atoms with Crippen LogP contribution in [0.4, 0.5) is 0 Å². The summed E-state index contributed by atoms with van der Waals surface area (Å²) < 4.78 is 1.88. The molecule has 1 saturated heterocycles. The van der Waals surface area contributed by atoms with Crippen molar-refractivity contribution in [1.82, 2.24) is 25.0 Å². The van der Waals surface area contributed by atoms with Crippen molar-refractivity contribution < 1.29 is 0 Å². The highest BCUT2D eigenvalue weighted by molar-refractivity contribution is 14.0. The van der Waals surface area contributed by atoms with Crippen molar-refractivity contribution in [1.29, 1.82) is 0 Å². The predicted octanol–water partition coefficient (Wildman–Crippen LogP) is 3.19. The van der Waals surface area contributed by atoms with E-state index in [9.17, 15) is 0 Å². The van der Waals surface area contributed by atoms with Crippen LogP contribution in [0.25, 0.3) is 0 Å². The number of aliphatic imine (C=N–C) groups is 1. The lowest BCUT2D eigenvalue weighted by atomic mass is 10.0. The molecule has 3 rings (SSSR count). The van der Waals surface area contributed by atoms with Crippen LogP contribution in [0.2, 0.25) is 0 Å². The molecular formula is C18H29IN6S. The molecule has 1 aliphatic rings. The van der Waals surface area contributed by atoms with E-state index in [-0.39, 0.29) is 24.0 Å². The number of guanidine groups is 1. The lowest BCUT2D eigenvalue weighted by Gasteiger charge is -2.21. The van der Waals surface area contributed by atoms with Crippen LogP contribution in [0.1, 0.15) is 41.4 Å². The average molecular weight is 488 g/mol. The molecule has 2 aromatic rings. The number of likely N-dealkylation sites (tertiary alicyclic amines) is 1. The first-order chi connectivity index (χ1) is 12.2. The van der Waals surface area contributed by atoms with Gasteiger partial charge in [0.15, 0.2) is 5.96 Å². The van der Waals surface area contributed by atoms with Crippen LogP contribution in [0.5, 0.6) is 0 Å². The molecule has 1 atom stereocenters. The molecule has 144 valence electrons. The van der Waals surface area contributed by atoms with E-state index in [2.05, 4.69) is 43.8 Å². The summed E-state index contributed by atoms with van der Waals surface area (Å²) >= 11 is 1.77. The number of unbranched alkanes of at least 4 members (excludes halogenated alkanes) is 1. The van der Waals surface area contributed by atoms with Crippen molar-refractivity contribution in [2.45, 2.75) is 38.5 Å². The van der Waals surface area contributed by atoms with E-state index in [0.717, 1.165) is 57.0 Å². The van der Waals surface area contributed by atoms with Gasteiger partial charge in [-0.2, -0.15) is 5.10 Å². The standard InChI is InChI=1S/C18H28N6S.HI/c1-14-13-25-17(22-14)6-4-5-8-20-18(19-2)24-9-7-15(12-24)16-10-21-23(3)11-16;/h10-11,13,15H,4-9,12H2,1-3H3,(H,19,20);1H. The van der Waals surface area contributed by atoms with Crippen molar-refractivity contribution in [3.05, 3.63) is 34.0 Å². The Kier molecular flexibility index (Phi) is 8.33. The molecule has 1 N–H and O–H groups in total. The van der Waals surface area contributed by atoms with Gasteiger partial charge in [0.25, 0.3) is 0 Å². The van der Waals surface area contributed by atoms with E-state index in [1.807, 2.05) is 25.0 Å². The molecule has 0 aromatic carbocycles. The lowest BCUT2D eigenvalue weighted by Crippen LogP contribution is -2.40. The first kappa shape index (κ1) is 21.1. The minimum atomic E-state index is 0. The minimum Gasteiger partial charge on any atom is -0.356 e. The fourth-order valence-electron chi connectivity index (χ4n) is 3.33. The maximum atomic E-state index is 4.52. The molecule has 0 aliphatic carbocycles. The van der Waals surface area contributed by atoms with Gasteiger partial charge in [-0.25, -0.2) is 4.98 Å². The maximum Gasteiger partial charge on any atom is 0.193 e. The summed E-state index contributed by atoms with van der Waals surface area (Å²) in [6.07, 6.45) is 8.66. The summed E-state index contributed by atoms with van der Waals surface area (Å²) in [6.45, 7) is 5.09. The quantitative estimate of drug-likeness (QED) is 0.294. The number of rotatable bonds is 6. The zero-order chi connectivity index (χ0) is 17.6. The van der Waals surface area contributed by atoms with Crippen LogP contribution < -0.4 is 5.32 Å². The van der Waals surface area contributed by atoms with Gasteiger partial charge in [-0.3, -0.25) is 9.67 Å². The number of nitrogens with zero attached hydrogens (tertiary/aromatic N) is 5. The number of aromatic nitrogens is 3. The number of halogens is 1. The number of thiazole rings is 1. The van der Waals surface area contributed by atoms with Gasteiger partial charge in [-0.15, -0.1) is 35.3 Å². The van der Waals surface area contributed by atoms with Crippen LogP contribution >= 0.6 is 35.3 Å². The van der Waals surface area contributed by atoms with E-state index in [1.165, 1.54) is 10.6 Å². The van der Waals surface area contributed by atoms with Crippen LogP contribution in [0, 0.1) is 6.92 Å². The molecule has 1 unspecified atom stereocenters. The third-order valence-electron chi connectivity index (χ3n) is 4.66. The second-order valence-corrected chi connectivity index (χ2v) is 7.64. The Morgan fingerprint density at radius 1 is 1.42 bits per heavy atom. The Morgan fingerprint density at radius 2 is 2.27 bits per heavy atom. The molecule has 6 nitrogen and oxygen atoms in total. The van der Waals surface area contributed by atoms with Crippen molar-refractivity contribution in [3.63, 3.8) is 0 Å². The minimum absolute atomic E-state index is 0. The third-order valence-corrected chi connectivity index (χ3v) is 5.69. The zero-order valence-corrected chi connectivity index (χ0v) is 19.0. The largest absolute Gasteiger partial charge is 0.356 e. The van der Waals surface area contributed by atoms with Crippen molar-refractivity contribution in [2.24, 2.45) is 12.0 Å². The summed E-state index contributed by atoms with van der Waals surface area (Å²) in [5.74, 6) is 1.58. The summed E-state index contributed by atoms with van der Waals surface area (Å²) in [4.78, 5) is 11.3. The molecule has 1 aliphatic heterocycles. The van der Waals surface area contributed by atoms with Gasteiger partial charge in [0, 0.05) is 56.9 Å². The average Bonchev–Trinajstić information content (AvgIpc) is 3.32. The first-order valence-corrected chi connectivity index (χ1v) is 9.89. The van der Waals surface area contributed by atoms with Crippen molar-refractivity contribution in [2.75, 3.05) is 26.7 Å². The van der Waals surface area contributed by atoms with Crippen LogP contribution in [0.15, 0.2) is 22.8 Å². The number of aryl methyl sites for hydroxylation is 3. The molecule has 0 bridgehead atoms. The SMILES string of the molecule is CN=C(NCCCCc1nc(C)cs1)N1CCC(c2cnn(C)c2)C1.I. The fraction of sp³-hybridized carbons (Fsp3) is 0.611. The van der Waals surface area contributed by atoms with Gasteiger partial charge in [-0.05, 0) is 38.2 Å². The van der Waals surface area contributed by atoms with Crippen LogP contribution in [0.3, 0.4) is 0 Å². The van der Waals surface area contributed by atoms with Crippen molar-refractivity contribution in [3.8, 4) is 0 Å². The van der Waals surface area contributed by atoms with Gasteiger partial charge in [0.1, 0.15) is 0 Å². The smallest absolute Gasteiger partial charge is 0.193 e. The van der Waals surface area contributed by atoms with Gasteiger partial charge in [0.05, 0.1) is 11.2 Å². The van der Waals surface area contributed by atoms with E-state index in [0.29, 0.717) is 5.92 Å². The number of nitrogens with one attached hydrogen (secondary N) is 1. The van der Waals surface area contributed by atoms with Gasteiger partial charge < -0.3 is 10.2 Å². The Hall–Kier alpha value is -1.16. The molecule has 0 saturated carbocycles. The molecule has 26 heavy (non-hydrogen) atoms. The number of hydrogen-bond acceptors (Lipinski definition) is 4. The molecule has 0 radical (unpaired) electrons. The van der Waals surface area contributed by atoms with Crippen LogP contribution in [-0.2, 0) is 13.5 Å². The Bertz CT molecular complexity index is 710. The summed E-state index contributed by atoms with van der Waals surface area (Å²) in [6, 6.07) is 0. The summed E-state index contributed by atoms with van der Waals surface area (Å²) in [5.41, 5.74) is 2.47. The molecule has 0 amide bonds. The molecule has 1 fully saturated rings. The van der Waals surface area contributed by atoms with E-state index in [4.69, 9.17) is 0 Å². The third kappa shape index (κ3) is 5.67. The summed E-state index contributed by atoms with van der Waals surface area (Å²) in [7, 11) is 3.85. The molecular weight excluding hydrogens is 459 g/mol. The Balaban J connectivity index is 0.00000243. The zero-order valence-electron chi connectivity index (χ0n) is 15.8. The monoisotopic (exact) mass is 488 g/mol. The molecule has 8 heteroatoms. The van der Waals surface area contributed by atoms with Crippen LogP contribution in [-0.4, -0.2) is 52.3 Å². The molecule has 2 aromatic heterocycles. The van der Waals surface area contributed by atoms with E-state index in [1.54, 1.807) is 11.3 Å². The van der Waals surface area contributed by atoms with Gasteiger partial charge in [-0.1, -0.05) is 0 Å². The lowest BCUT2D eigenvalue weighted by molar-refractivity contribution is 0.484. The normalized spacial score (nSPS) is 17.4. The topological polar surface area (TPSA) is 58.3 Å². The molecule has 3 heterocycles.